The summed E-state index contributed by atoms with van der Waals surface area (Å²) in [6, 6.07) is 5.19. The molecule has 22 heavy (non-hydrogen) atoms. The van der Waals surface area contributed by atoms with E-state index in [1.807, 2.05) is 19.9 Å². The number of nitrogen functional groups attached to an aromatic ring is 1. The molecule has 7 heteroatoms. The van der Waals surface area contributed by atoms with Gasteiger partial charge in [0.05, 0.1) is 5.69 Å². The lowest BCUT2D eigenvalue weighted by molar-refractivity contribution is 0.312. The van der Waals surface area contributed by atoms with Crippen molar-refractivity contribution in [1.82, 2.24) is 9.21 Å². The molecule has 0 atom stereocenters. The minimum atomic E-state index is -3.52. The van der Waals surface area contributed by atoms with Crippen LogP contribution in [0.15, 0.2) is 23.1 Å². The third-order valence-corrected chi connectivity index (χ3v) is 6.23. The summed E-state index contributed by atoms with van der Waals surface area (Å²) in [5, 5.41) is 0. The van der Waals surface area contributed by atoms with Crippen LogP contribution in [0, 0.1) is 0 Å². The number of nitrogens with zero attached hydrogens (tertiary/aromatic N) is 3. The van der Waals surface area contributed by atoms with Crippen molar-refractivity contribution in [3.63, 3.8) is 0 Å². The summed E-state index contributed by atoms with van der Waals surface area (Å²) in [6.45, 7) is 8.10. The lowest BCUT2D eigenvalue weighted by Crippen LogP contribution is -2.45. The molecule has 0 aliphatic carbocycles. The first-order valence-corrected chi connectivity index (χ1v) is 9.17. The first kappa shape index (κ1) is 17.1. The molecule has 6 nitrogen and oxygen atoms in total. The number of anilines is 2. The molecule has 0 radical (unpaired) electrons. The maximum Gasteiger partial charge on any atom is 0.245 e. The van der Waals surface area contributed by atoms with Crippen molar-refractivity contribution in [2.45, 2.75) is 18.7 Å². The molecule has 1 aliphatic rings. The Hall–Kier alpha value is -1.31. The minimum absolute atomic E-state index is 0.320. The summed E-state index contributed by atoms with van der Waals surface area (Å²) in [7, 11) is -1.44. The van der Waals surface area contributed by atoms with Crippen LogP contribution in [0.1, 0.15) is 13.8 Å². The summed E-state index contributed by atoms with van der Waals surface area (Å²) in [6.07, 6.45) is 0. The van der Waals surface area contributed by atoms with Crippen LogP contribution in [-0.2, 0) is 10.0 Å². The van der Waals surface area contributed by atoms with Crippen LogP contribution >= 0.6 is 0 Å². The Labute approximate surface area is 133 Å². The molecule has 0 amide bonds. The number of rotatable bonds is 5. The number of likely N-dealkylation sites (N-methyl/N-ethyl adjacent to an activating group) is 1. The summed E-state index contributed by atoms with van der Waals surface area (Å²) in [5.41, 5.74) is 7.08. The second-order valence-electron chi connectivity index (χ2n) is 5.61. The standard InChI is InChI=1S/C15H26N4O2S/c1-4-19(5-2)22(20,21)15-12-13(16)6-7-14(15)18-10-8-17(3)9-11-18/h6-7,12H,4-5,8-11,16H2,1-3H3. The molecule has 1 aromatic rings. The molecule has 1 fully saturated rings. The second-order valence-corrected chi connectivity index (χ2v) is 7.51. The van der Waals surface area contributed by atoms with Crippen LogP contribution < -0.4 is 10.6 Å². The van der Waals surface area contributed by atoms with E-state index >= 15 is 0 Å². The molecule has 2 rings (SSSR count). The molecular formula is C15H26N4O2S. The summed E-state index contributed by atoms with van der Waals surface area (Å²) in [5.74, 6) is 0. The van der Waals surface area contributed by atoms with Crippen LogP contribution in [0.3, 0.4) is 0 Å². The van der Waals surface area contributed by atoms with Crippen LogP contribution in [-0.4, -0.2) is 63.9 Å². The van der Waals surface area contributed by atoms with Gasteiger partial charge in [0.15, 0.2) is 0 Å². The Balaban J connectivity index is 2.44. The molecule has 1 saturated heterocycles. The van der Waals surface area contributed by atoms with E-state index in [0.717, 1.165) is 31.9 Å². The fraction of sp³-hybridized carbons (Fsp3) is 0.600. The average molecular weight is 326 g/mol. The van der Waals surface area contributed by atoms with E-state index in [4.69, 9.17) is 5.73 Å². The van der Waals surface area contributed by atoms with Crippen molar-refractivity contribution in [2.75, 3.05) is 56.9 Å². The van der Waals surface area contributed by atoms with Gasteiger partial charge in [0.25, 0.3) is 0 Å². The molecule has 2 N–H and O–H groups in total. The smallest absolute Gasteiger partial charge is 0.245 e. The molecule has 1 aliphatic heterocycles. The topological polar surface area (TPSA) is 69.9 Å². The Morgan fingerprint density at radius 2 is 1.73 bits per heavy atom. The molecule has 0 saturated carbocycles. The van der Waals surface area contributed by atoms with E-state index in [2.05, 4.69) is 16.8 Å². The Bertz CT molecular complexity index is 606. The molecule has 0 aromatic heterocycles. The van der Waals surface area contributed by atoms with E-state index in [0.29, 0.717) is 23.7 Å². The zero-order valence-corrected chi connectivity index (χ0v) is 14.4. The van der Waals surface area contributed by atoms with Crippen LogP contribution in [0.25, 0.3) is 0 Å². The maximum absolute atomic E-state index is 12.9. The highest BCUT2D eigenvalue weighted by atomic mass is 32.2. The summed E-state index contributed by atoms with van der Waals surface area (Å²) < 4.78 is 27.3. The van der Waals surface area contributed by atoms with Gasteiger partial charge in [-0.15, -0.1) is 0 Å². The largest absolute Gasteiger partial charge is 0.399 e. The zero-order valence-electron chi connectivity index (χ0n) is 13.6. The number of piperazine rings is 1. The third kappa shape index (κ3) is 3.37. The maximum atomic E-state index is 12.9. The van der Waals surface area contributed by atoms with E-state index in [-0.39, 0.29) is 0 Å². The van der Waals surface area contributed by atoms with Gasteiger partial charge in [0.1, 0.15) is 4.90 Å². The summed E-state index contributed by atoms with van der Waals surface area (Å²) >= 11 is 0. The number of nitrogens with two attached hydrogens (primary N) is 1. The van der Waals surface area contributed by atoms with E-state index in [1.54, 1.807) is 12.1 Å². The van der Waals surface area contributed by atoms with Crippen molar-refractivity contribution in [1.29, 1.82) is 0 Å². The predicted octanol–water partition coefficient (Wildman–Crippen LogP) is 1.05. The van der Waals surface area contributed by atoms with E-state index in [9.17, 15) is 8.42 Å². The fourth-order valence-electron chi connectivity index (χ4n) is 2.75. The van der Waals surface area contributed by atoms with Crippen molar-refractivity contribution in [3.8, 4) is 0 Å². The van der Waals surface area contributed by atoms with Crippen molar-refractivity contribution in [3.05, 3.63) is 18.2 Å². The van der Waals surface area contributed by atoms with Crippen molar-refractivity contribution in [2.24, 2.45) is 0 Å². The van der Waals surface area contributed by atoms with Gasteiger partial charge in [-0.1, -0.05) is 13.8 Å². The van der Waals surface area contributed by atoms with Crippen LogP contribution in [0.2, 0.25) is 0 Å². The fourth-order valence-corrected chi connectivity index (χ4v) is 4.45. The number of hydrogen-bond donors (Lipinski definition) is 1. The van der Waals surface area contributed by atoms with Gasteiger partial charge in [-0.3, -0.25) is 0 Å². The molecule has 124 valence electrons. The Morgan fingerprint density at radius 1 is 1.14 bits per heavy atom. The zero-order chi connectivity index (χ0) is 16.3. The number of sulfonamides is 1. The van der Waals surface area contributed by atoms with Gasteiger partial charge < -0.3 is 15.5 Å². The minimum Gasteiger partial charge on any atom is -0.399 e. The molecule has 0 spiro atoms. The van der Waals surface area contributed by atoms with Gasteiger partial charge >= 0.3 is 0 Å². The lowest BCUT2D eigenvalue weighted by atomic mass is 10.2. The highest BCUT2D eigenvalue weighted by Crippen LogP contribution is 2.30. The second kappa shape index (κ2) is 6.85. The van der Waals surface area contributed by atoms with E-state index in [1.165, 1.54) is 4.31 Å². The third-order valence-electron chi connectivity index (χ3n) is 4.15. The van der Waals surface area contributed by atoms with Gasteiger partial charge in [-0.25, -0.2) is 8.42 Å². The highest BCUT2D eigenvalue weighted by Gasteiger charge is 2.28. The lowest BCUT2D eigenvalue weighted by Gasteiger charge is -2.35. The molecule has 0 bridgehead atoms. The Morgan fingerprint density at radius 3 is 2.27 bits per heavy atom. The van der Waals surface area contributed by atoms with Crippen molar-refractivity contribution >= 4 is 21.4 Å². The SMILES string of the molecule is CCN(CC)S(=O)(=O)c1cc(N)ccc1N1CCN(C)CC1. The monoisotopic (exact) mass is 326 g/mol. The molecular weight excluding hydrogens is 300 g/mol. The quantitative estimate of drug-likeness (QED) is 0.819. The highest BCUT2D eigenvalue weighted by molar-refractivity contribution is 7.89. The first-order chi connectivity index (χ1) is 10.4. The summed E-state index contributed by atoms with van der Waals surface area (Å²) in [4.78, 5) is 4.70. The molecule has 1 heterocycles. The van der Waals surface area contributed by atoms with Crippen LogP contribution in [0.5, 0.6) is 0 Å². The molecule has 1 aromatic carbocycles. The van der Waals surface area contributed by atoms with Gasteiger partial charge in [0, 0.05) is 45.0 Å². The van der Waals surface area contributed by atoms with Gasteiger partial charge in [0.2, 0.25) is 10.0 Å². The Kier molecular flexibility index (Phi) is 5.31. The normalized spacial score (nSPS) is 17.2. The van der Waals surface area contributed by atoms with E-state index < -0.39 is 10.0 Å². The van der Waals surface area contributed by atoms with Crippen LogP contribution in [0.4, 0.5) is 11.4 Å². The van der Waals surface area contributed by atoms with Crippen molar-refractivity contribution < 1.29 is 8.42 Å². The molecule has 0 unspecified atom stereocenters. The predicted molar refractivity (Wildman–Crippen MR) is 90.7 cm³/mol. The van der Waals surface area contributed by atoms with Gasteiger partial charge in [-0.05, 0) is 25.2 Å². The number of hydrogen-bond acceptors (Lipinski definition) is 5. The van der Waals surface area contributed by atoms with Gasteiger partial charge in [-0.2, -0.15) is 4.31 Å². The number of benzene rings is 1. The first-order valence-electron chi connectivity index (χ1n) is 7.73. The average Bonchev–Trinajstić information content (AvgIpc) is 2.49.